The monoisotopic (exact) mass is 139 g/mol. The smallest absolute Gasteiger partial charge is 0.139 e. The van der Waals surface area contributed by atoms with Crippen LogP contribution in [0, 0.1) is 5.92 Å². The number of Topliss-reactive ketones (excluding diaryl/α,β-unsaturated/α-hetero) is 1. The molecule has 1 rings (SSSR count). The van der Waals surface area contributed by atoms with Crippen LogP contribution < -0.4 is 5.73 Å². The van der Waals surface area contributed by atoms with E-state index in [0.29, 0.717) is 12.2 Å². The third kappa shape index (κ3) is 1.45. The molecule has 0 saturated heterocycles. The molecule has 0 aromatic heterocycles. The van der Waals surface area contributed by atoms with Gasteiger partial charge >= 0.3 is 0 Å². The number of ketones is 1. The Morgan fingerprint density at radius 3 is 2.80 bits per heavy atom. The first-order valence-corrected chi connectivity index (χ1v) is 3.70. The summed E-state index contributed by atoms with van der Waals surface area (Å²) >= 11 is 0. The topological polar surface area (TPSA) is 43.1 Å². The molecule has 0 aromatic carbocycles. The summed E-state index contributed by atoms with van der Waals surface area (Å²) in [5.41, 5.74) is 5.58. The van der Waals surface area contributed by atoms with Crippen molar-refractivity contribution in [1.29, 1.82) is 0 Å². The summed E-state index contributed by atoms with van der Waals surface area (Å²) in [6, 6.07) is 0.112. The molecule has 0 amide bonds. The highest BCUT2D eigenvalue weighted by Crippen LogP contribution is 2.18. The number of carbonyl (C=O) groups is 1. The van der Waals surface area contributed by atoms with Crippen LogP contribution in [-0.2, 0) is 4.79 Å². The van der Waals surface area contributed by atoms with E-state index in [1.807, 2.05) is 19.1 Å². The van der Waals surface area contributed by atoms with Gasteiger partial charge in [-0.3, -0.25) is 4.79 Å². The summed E-state index contributed by atoms with van der Waals surface area (Å²) in [6.45, 7) is 1.89. The Morgan fingerprint density at radius 1 is 1.70 bits per heavy atom. The minimum absolute atomic E-state index is 0.111. The van der Waals surface area contributed by atoms with E-state index in [0.717, 1.165) is 6.42 Å². The standard InChI is InChI=1S/C8H13NO/c1-2-8(10)6-3-4-7(9)5-6/h3-4,6-7H,2,5,9H2,1H3. The van der Waals surface area contributed by atoms with Gasteiger partial charge in [0, 0.05) is 18.4 Å². The molecule has 1 aliphatic rings. The molecule has 2 atom stereocenters. The van der Waals surface area contributed by atoms with Crippen LogP contribution in [-0.4, -0.2) is 11.8 Å². The Hall–Kier alpha value is -0.630. The zero-order valence-corrected chi connectivity index (χ0v) is 6.21. The summed E-state index contributed by atoms with van der Waals surface area (Å²) in [7, 11) is 0. The van der Waals surface area contributed by atoms with Crippen LogP contribution in [0.15, 0.2) is 12.2 Å². The van der Waals surface area contributed by atoms with Crippen molar-refractivity contribution in [2.75, 3.05) is 0 Å². The highest BCUT2D eigenvalue weighted by atomic mass is 16.1. The molecule has 0 heterocycles. The third-order valence-corrected chi connectivity index (χ3v) is 1.88. The normalized spacial score (nSPS) is 31.0. The van der Waals surface area contributed by atoms with Crippen LogP contribution in [0.4, 0.5) is 0 Å². The van der Waals surface area contributed by atoms with Crippen molar-refractivity contribution in [2.24, 2.45) is 11.7 Å². The van der Waals surface area contributed by atoms with Gasteiger partial charge in [0.1, 0.15) is 5.78 Å². The van der Waals surface area contributed by atoms with E-state index in [9.17, 15) is 4.79 Å². The van der Waals surface area contributed by atoms with E-state index in [4.69, 9.17) is 5.73 Å². The molecule has 0 bridgehead atoms. The number of hydrogen-bond acceptors (Lipinski definition) is 2. The van der Waals surface area contributed by atoms with Gasteiger partial charge in [-0.25, -0.2) is 0 Å². The van der Waals surface area contributed by atoms with Gasteiger partial charge in [-0.05, 0) is 6.42 Å². The van der Waals surface area contributed by atoms with Gasteiger partial charge in [0.15, 0.2) is 0 Å². The third-order valence-electron chi connectivity index (χ3n) is 1.88. The lowest BCUT2D eigenvalue weighted by molar-refractivity contribution is -0.121. The largest absolute Gasteiger partial charge is 0.324 e. The first kappa shape index (κ1) is 7.48. The molecule has 2 N–H and O–H groups in total. The summed E-state index contributed by atoms with van der Waals surface area (Å²) in [5, 5.41) is 0. The van der Waals surface area contributed by atoms with Crippen LogP contribution in [0.3, 0.4) is 0 Å². The summed E-state index contributed by atoms with van der Waals surface area (Å²) in [5.74, 6) is 0.421. The minimum atomic E-state index is 0.111. The van der Waals surface area contributed by atoms with Gasteiger partial charge in [-0.1, -0.05) is 19.1 Å². The predicted octanol–water partition coefficient (Wildman–Crippen LogP) is 0.869. The Morgan fingerprint density at radius 2 is 2.40 bits per heavy atom. The van der Waals surface area contributed by atoms with Crippen molar-refractivity contribution < 1.29 is 4.79 Å². The zero-order chi connectivity index (χ0) is 7.56. The lowest BCUT2D eigenvalue weighted by Crippen LogP contribution is -2.18. The van der Waals surface area contributed by atoms with Gasteiger partial charge in [0.2, 0.25) is 0 Å². The van der Waals surface area contributed by atoms with E-state index in [-0.39, 0.29) is 12.0 Å². The molecule has 0 radical (unpaired) electrons. The molecule has 0 fully saturated rings. The van der Waals surface area contributed by atoms with Crippen molar-refractivity contribution in [2.45, 2.75) is 25.8 Å². The molecule has 1 aliphatic carbocycles. The fourth-order valence-electron chi connectivity index (χ4n) is 1.23. The van der Waals surface area contributed by atoms with E-state index < -0.39 is 0 Å². The number of rotatable bonds is 2. The van der Waals surface area contributed by atoms with Crippen LogP contribution >= 0.6 is 0 Å². The van der Waals surface area contributed by atoms with Crippen LogP contribution in [0.25, 0.3) is 0 Å². The fraction of sp³-hybridized carbons (Fsp3) is 0.625. The average molecular weight is 139 g/mol. The predicted molar refractivity (Wildman–Crippen MR) is 40.5 cm³/mol. The maximum Gasteiger partial charge on any atom is 0.139 e. The molecule has 10 heavy (non-hydrogen) atoms. The Labute approximate surface area is 61.1 Å². The van der Waals surface area contributed by atoms with Gasteiger partial charge in [-0.15, -0.1) is 0 Å². The number of hydrogen-bond donors (Lipinski definition) is 1. The SMILES string of the molecule is CCC(=O)C1C=CC(N)C1. The second kappa shape index (κ2) is 2.97. The molecule has 2 nitrogen and oxygen atoms in total. The van der Waals surface area contributed by atoms with Crippen molar-refractivity contribution in [3.05, 3.63) is 12.2 Å². The molecular formula is C8H13NO. The summed E-state index contributed by atoms with van der Waals surface area (Å²) < 4.78 is 0. The highest BCUT2D eigenvalue weighted by molar-refractivity contribution is 5.82. The maximum atomic E-state index is 11.1. The maximum absolute atomic E-state index is 11.1. The van der Waals surface area contributed by atoms with E-state index >= 15 is 0 Å². The molecule has 0 saturated carbocycles. The van der Waals surface area contributed by atoms with E-state index in [1.165, 1.54) is 0 Å². The van der Waals surface area contributed by atoms with Crippen molar-refractivity contribution in [3.8, 4) is 0 Å². The Balaban J connectivity index is 2.46. The van der Waals surface area contributed by atoms with Crippen LogP contribution in [0.2, 0.25) is 0 Å². The molecule has 2 unspecified atom stereocenters. The van der Waals surface area contributed by atoms with E-state index in [1.54, 1.807) is 0 Å². The molecule has 0 aliphatic heterocycles. The molecule has 2 heteroatoms. The minimum Gasteiger partial charge on any atom is -0.324 e. The lowest BCUT2D eigenvalue weighted by atomic mass is 10.0. The quantitative estimate of drug-likeness (QED) is 0.577. The number of nitrogens with two attached hydrogens (primary N) is 1. The molecule has 0 aromatic rings. The van der Waals surface area contributed by atoms with Gasteiger partial charge < -0.3 is 5.73 Å². The molecule has 56 valence electrons. The second-order valence-electron chi connectivity index (χ2n) is 2.71. The first-order valence-electron chi connectivity index (χ1n) is 3.70. The first-order chi connectivity index (χ1) is 4.74. The summed E-state index contributed by atoms with van der Waals surface area (Å²) in [6.07, 6.45) is 5.28. The zero-order valence-electron chi connectivity index (χ0n) is 6.21. The van der Waals surface area contributed by atoms with E-state index in [2.05, 4.69) is 0 Å². The van der Waals surface area contributed by atoms with Gasteiger partial charge in [0.05, 0.1) is 0 Å². The number of allylic oxidation sites excluding steroid dienone is 1. The lowest BCUT2D eigenvalue weighted by Gasteiger charge is -2.04. The molecule has 0 spiro atoms. The van der Waals surface area contributed by atoms with Gasteiger partial charge in [0.25, 0.3) is 0 Å². The highest BCUT2D eigenvalue weighted by Gasteiger charge is 2.20. The van der Waals surface area contributed by atoms with Crippen molar-refractivity contribution in [1.82, 2.24) is 0 Å². The van der Waals surface area contributed by atoms with Crippen molar-refractivity contribution in [3.63, 3.8) is 0 Å². The average Bonchev–Trinajstić information content (AvgIpc) is 2.34. The second-order valence-corrected chi connectivity index (χ2v) is 2.71. The fourth-order valence-corrected chi connectivity index (χ4v) is 1.23. The number of carbonyl (C=O) groups excluding carboxylic acids is 1. The van der Waals surface area contributed by atoms with Crippen LogP contribution in [0.1, 0.15) is 19.8 Å². The van der Waals surface area contributed by atoms with Crippen molar-refractivity contribution >= 4 is 5.78 Å². The Bertz CT molecular complexity index is 163. The van der Waals surface area contributed by atoms with Gasteiger partial charge in [-0.2, -0.15) is 0 Å². The molecular weight excluding hydrogens is 126 g/mol. The Kier molecular flexibility index (Phi) is 2.22. The summed E-state index contributed by atoms with van der Waals surface area (Å²) in [4.78, 5) is 11.1. The van der Waals surface area contributed by atoms with Crippen LogP contribution in [0.5, 0.6) is 0 Å².